The van der Waals surface area contributed by atoms with Crippen LogP contribution >= 0.6 is 0 Å². The third kappa shape index (κ3) is 3.72. The number of amides is 2. The molecule has 3 saturated heterocycles. The largest absolute Gasteiger partial charge is 0.368 e. The van der Waals surface area contributed by atoms with Crippen LogP contribution in [-0.4, -0.2) is 70.0 Å². The van der Waals surface area contributed by atoms with Crippen LogP contribution < -0.4 is 16.4 Å². The van der Waals surface area contributed by atoms with Crippen molar-refractivity contribution in [2.24, 2.45) is 17.6 Å². The number of fused-ring (bicyclic) bond motifs is 5. The van der Waals surface area contributed by atoms with E-state index < -0.39 is 42.2 Å². The molecule has 3 heterocycles. The van der Waals surface area contributed by atoms with Crippen LogP contribution in [0.4, 0.5) is 0 Å². The summed E-state index contributed by atoms with van der Waals surface area (Å²) in [5.74, 6) is -2.75. The number of ether oxygens (including phenoxy) is 4. The number of hydrogen-bond donors (Lipinski definition) is 3. The van der Waals surface area contributed by atoms with E-state index in [4.69, 9.17) is 18.9 Å². The zero-order valence-corrected chi connectivity index (χ0v) is 15.4. The predicted octanol–water partition coefficient (Wildman–Crippen LogP) is -0.413. The van der Waals surface area contributed by atoms with Gasteiger partial charge in [0, 0.05) is 27.6 Å². The number of carbonyl (C=O) groups excluding carboxylic acids is 2. The van der Waals surface area contributed by atoms with Gasteiger partial charge in [-0.2, -0.15) is 0 Å². The Morgan fingerprint density at radius 3 is 2.00 bits per heavy atom. The maximum atomic E-state index is 12.5. The van der Waals surface area contributed by atoms with E-state index in [0.717, 1.165) is 6.42 Å². The van der Waals surface area contributed by atoms with Crippen LogP contribution in [0.3, 0.4) is 0 Å². The molecule has 2 amide bonds. The fourth-order valence-corrected chi connectivity index (χ4v) is 3.74. The Morgan fingerprint density at radius 2 is 1.58 bits per heavy atom. The second-order valence-corrected chi connectivity index (χ2v) is 6.25. The van der Waals surface area contributed by atoms with Crippen molar-refractivity contribution in [1.82, 2.24) is 10.6 Å². The van der Waals surface area contributed by atoms with Gasteiger partial charge in [-0.1, -0.05) is 14.4 Å². The maximum absolute atomic E-state index is 12.5. The monoisotopic (exact) mass is 375 g/mol. The molecule has 152 valence electrons. The standard InChI is InChI=1S/C15H24N2O6.CH5N.CH4/c1-5-6-17-14(19)8-7(13(18)16-3)9-11-12(10(8)21-9)23-15(2,20-4)22-11;1-2;/h7-12H,5-6H2,1-4H3,(H,16,18)(H,17,19);2H2,1H3;1H4/t7?,8?,9-,10?,11+,12?,15?;;/m0../s1. The SMILES string of the molecule is C.CCCNC(=O)C1C2O[C@@H](C1C(=O)NC)[C@H]1OC(C)(OC)OC21.CN. The highest BCUT2D eigenvalue weighted by molar-refractivity contribution is 5.89. The van der Waals surface area contributed by atoms with E-state index in [-0.39, 0.29) is 19.2 Å². The van der Waals surface area contributed by atoms with Crippen molar-refractivity contribution in [3.05, 3.63) is 0 Å². The van der Waals surface area contributed by atoms with Crippen LogP contribution in [0.1, 0.15) is 27.7 Å². The molecule has 9 nitrogen and oxygen atoms in total. The summed E-state index contributed by atoms with van der Waals surface area (Å²) < 4.78 is 22.8. The Hall–Kier alpha value is -1.26. The third-order valence-corrected chi connectivity index (χ3v) is 4.85. The third-order valence-electron chi connectivity index (χ3n) is 4.85. The molecule has 0 saturated carbocycles. The Balaban J connectivity index is 0.00000109. The number of rotatable bonds is 5. The number of methoxy groups -OCH3 is 1. The van der Waals surface area contributed by atoms with Crippen molar-refractivity contribution in [2.75, 3.05) is 27.7 Å². The van der Waals surface area contributed by atoms with Gasteiger partial charge in [0.15, 0.2) is 0 Å². The van der Waals surface area contributed by atoms with Crippen LogP contribution in [0.5, 0.6) is 0 Å². The number of nitrogens with one attached hydrogen (secondary N) is 2. The molecule has 0 aromatic heterocycles. The van der Waals surface area contributed by atoms with Crippen LogP contribution in [0.25, 0.3) is 0 Å². The van der Waals surface area contributed by atoms with Gasteiger partial charge in [-0.05, 0) is 13.5 Å². The summed E-state index contributed by atoms with van der Waals surface area (Å²) in [4.78, 5) is 24.9. The van der Waals surface area contributed by atoms with Crippen molar-refractivity contribution in [2.45, 2.75) is 58.1 Å². The van der Waals surface area contributed by atoms with Gasteiger partial charge < -0.3 is 35.3 Å². The number of hydrogen-bond acceptors (Lipinski definition) is 7. The van der Waals surface area contributed by atoms with E-state index in [1.54, 1.807) is 14.0 Å². The summed E-state index contributed by atoms with van der Waals surface area (Å²) in [6, 6.07) is 0. The molecule has 3 aliphatic rings. The first-order valence-electron chi connectivity index (χ1n) is 8.59. The predicted molar refractivity (Wildman–Crippen MR) is 95.0 cm³/mol. The first-order chi connectivity index (χ1) is 12.0. The maximum Gasteiger partial charge on any atom is 0.280 e. The zero-order valence-electron chi connectivity index (χ0n) is 15.4. The van der Waals surface area contributed by atoms with Gasteiger partial charge in [0.1, 0.15) is 12.2 Å². The van der Waals surface area contributed by atoms with Crippen molar-refractivity contribution in [1.29, 1.82) is 0 Å². The highest BCUT2D eigenvalue weighted by Gasteiger charge is 2.69. The van der Waals surface area contributed by atoms with Gasteiger partial charge >= 0.3 is 0 Å². The van der Waals surface area contributed by atoms with Crippen molar-refractivity contribution >= 4 is 11.8 Å². The summed E-state index contributed by atoms with van der Waals surface area (Å²) in [5, 5.41) is 5.48. The molecule has 0 aromatic rings. The lowest BCUT2D eigenvalue weighted by atomic mass is 9.75. The minimum atomic E-state index is -1.17. The van der Waals surface area contributed by atoms with Crippen LogP contribution in [-0.2, 0) is 28.5 Å². The molecule has 3 fully saturated rings. The zero-order chi connectivity index (χ0) is 18.8. The first kappa shape index (κ1) is 22.8. The lowest BCUT2D eigenvalue weighted by Gasteiger charge is -2.30. The van der Waals surface area contributed by atoms with Crippen LogP contribution in [0.2, 0.25) is 0 Å². The molecule has 3 aliphatic heterocycles. The van der Waals surface area contributed by atoms with Crippen molar-refractivity contribution in [3.63, 3.8) is 0 Å². The fraction of sp³-hybridized carbons (Fsp3) is 0.882. The Kier molecular flexibility index (Phi) is 7.97. The van der Waals surface area contributed by atoms with E-state index in [0.29, 0.717) is 6.54 Å². The Bertz CT molecular complexity index is 505. The first-order valence-corrected chi connectivity index (χ1v) is 8.59. The van der Waals surface area contributed by atoms with Gasteiger partial charge in [0.05, 0.1) is 24.0 Å². The van der Waals surface area contributed by atoms with Gasteiger partial charge in [-0.3, -0.25) is 9.59 Å². The summed E-state index contributed by atoms with van der Waals surface area (Å²) in [6.45, 7) is 4.21. The fourth-order valence-electron chi connectivity index (χ4n) is 3.74. The molecule has 2 bridgehead atoms. The Labute approximate surface area is 155 Å². The van der Waals surface area contributed by atoms with Gasteiger partial charge in [-0.15, -0.1) is 0 Å². The van der Waals surface area contributed by atoms with E-state index in [1.807, 2.05) is 6.92 Å². The summed E-state index contributed by atoms with van der Waals surface area (Å²) >= 11 is 0. The average Bonchev–Trinajstić information content (AvgIpc) is 3.28. The second-order valence-electron chi connectivity index (χ2n) is 6.25. The van der Waals surface area contributed by atoms with Crippen molar-refractivity contribution in [3.8, 4) is 0 Å². The summed E-state index contributed by atoms with van der Waals surface area (Å²) in [6.07, 6.45) is -1.03. The quantitative estimate of drug-likeness (QED) is 0.597. The second kappa shape index (κ2) is 9.09. The molecule has 26 heavy (non-hydrogen) atoms. The highest BCUT2D eigenvalue weighted by Crippen LogP contribution is 2.51. The van der Waals surface area contributed by atoms with Gasteiger partial charge in [-0.25, -0.2) is 0 Å². The summed E-state index contributed by atoms with van der Waals surface area (Å²) in [5.41, 5.74) is 4.50. The molecule has 0 spiro atoms. The van der Waals surface area contributed by atoms with E-state index in [1.165, 1.54) is 14.2 Å². The molecule has 0 aliphatic carbocycles. The minimum absolute atomic E-state index is 0. The molecule has 4 N–H and O–H groups in total. The normalized spacial score (nSPS) is 39.3. The molecular weight excluding hydrogens is 342 g/mol. The van der Waals surface area contributed by atoms with E-state index >= 15 is 0 Å². The molecule has 5 unspecified atom stereocenters. The highest BCUT2D eigenvalue weighted by atomic mass is 16.9. The van der Waals surface area contributed by atoms with Crippen LogP contribution in [0.15, 0.2) is 0 Å². The smallest absolute Gasteiger partial charge is 0.280 e. The van der Waals surface area contributed by atoms with Gasteiger partial charge in [0.25, 0.3) is 5.97 Å². The van der Waals surface area contributed by atoms with Gasteiger partial charge in [0.2, 0.25) is 11.8 Å². The number of carbonyl (C=O) groups is 2. The van der Waals surface area contributed by atoms with E-state index in [2.05, 4.69) is 16.4 Å². The van der Waals surface area contributed by atoms with E-state index in [9.17, 15) is 9.59 Å². The molecule has 0 radical (unpaired) electrons. The lowest BCUT2D eigenvalue weighted by Crippen LogP contribution is -2.54. The Morgan fingerprint density at radius 1 is 1.08 bits per heavy atom. The average molecular weight is 375 g/mol. The topological polar surface area (TPSA) is 121 Å². The molecular formula is C17H33N3O6. The molecule has 3 rings (SSSR count). The lowest BCUT2D eigenvalue weighted by molar-refractivity contribution is -0.330. The molecule has 0 aromatic carbocycles. The minimum Gasteiger partial charge on any atom is -0.368 e. The molecule has 9 heteroatoms. The van der Waals surface area contributed by atoms with Crippen LogP contribution in [0, 0.1) is 11.8 Å². The number of nitrogens with two attached hydrogens (primary N) is 1. The van der Waals surface area contributed by atoms with Crippen molar-refractivity contribution < 1.29 is 28.5 Å². The molecule has 7 atom stereocenters. The summed E-state index contributed by atoms with van der Waals surface area (Å²) in [7, 11) is 4.55.